The Morgan fingerprint density at radius 3 is 3.00 bits per heavy atom. The van der Waals surface area contributed by atoms with E-state index in [0.717, 1.165) is 18.4 Å². The lowest BCUT2D eigenvalue weighted by molar-refractivity contribution is -0.127. The number of fused-ring (bicyclic) bond motifs is 2. The van der Waals surface area contributed by atoms with Crippen LogP contribution in [-0.2, 0) is 16.1 Å². The summed E-state index contributed by atoms with van der Waals surface area (Å²) in [6.07, 6.45) is 1.65. The Bertz CT molecular complexity index is 544. The summed E-state index contributed by atoms with van der Waals surface area (Å²) in [5, 5.41) is 2.86. The summed E-state index contributed by atoms with van der Waals surface area (Å²) in [5.41, 5.74) is 1.51. The quantitative estimate of drug-likeness (QED) is 0.892. The van der Waals surface area contributed by atoms with E-state index >= 15 is 0 Å². The maximum absolute atomic E-state index is 12.8. The fourth-order valence-corrected chi connectivity index (χ4v) is 3.13. The minimum Gasteiger partial charge on any atom is -0.380 e. The second-order valence-electron chi connectivity index (χ2n) is 5.29. The van der Waals surface area contributed by atoms with Gasteiger partial charge in [0.15, 0.2) is 0 Å². The first-order chi connectivity index (χ1) is 9.72. The Morgan fingerprint density at radius 1 is 1.40 bits per heavy atom. The number of carbonyl (C=O) groups excluding carboxylic acids is 2. The van der Waals surface area contributed by atoms with E-state index in [4.69, 9.17) is 4.74 Å². The van der Waals surface area contributed by atoms with E-state index in [-0.39, 0.29) is 23.9 Å². The largest absolute Gasteiger partial charge is 0.380 e. The van der Waals surface area contributed by atoms with Gasteiger partial charge in [-0.3, -0.25) is 9.59 Å². The molecule has 20 heavy (non-hydrogen) atoms. The van der Waals surface area contributed by atoms with Gasteiger partial charge in [-0.25, -0.2) is 0 Å². The lowest BCUT2D eigenvalue weighted by atomic mass is 10.0. The third-order valence-corrected chi connectivity index (χ3v) is 4.10. The van der Waals surface area contributed by atoms with Gasteiger partial charge in [-0.15, -0.1) is 0 Å². The average molecular weight is 274 g/mol. The fraction of sp³-hybridized carbons (Fsp3) is 0.467. The SMILES string of the molecule is COCc1ccccc1C(=O)N1C2CCC1C(=O)NC2. The third kappa shape index (κ3) is 2.08. The van der Waals surface area contributed by atoms with Crippen LogP contribution in [0.4, 0.5) is 0 Å². The van der Waals surface area contributed by atoms with Crippen molar-refractivity contribution in [2.75, 3.05) is 13.7 Å². The standard InChI is InChI=1S/C15H18N2O3/c1-20-9-10-4-2-3-5-12(10)15(19)17-11-6-7-13(17)14(18)16-8-11/h2-5,11,13H,6-9H2,1H3,(H,16,18). The Labute approximate surface area is 117 Å². The highest BCUT2D eigenvalue weighted by atomic mass is 16.5. The molecule has 2 atom stereocenters. The number of amides is 2. The maximum atomic E-state index is 12.8. The predicted molar refractivity (Wildman–Crippen MR) is 73.1 cm³/mol. The van der Waals surface area contributed by atoms with Gasteiger partial charge in [0.2, 0.25) is 5.91 Å². The van der Waals surface area contributed by atoms with Crippen LogP contribution in [0, 0.1) is 0 Å². The number of rotatable bonds is 3. The number of methoxy groups -OCH3 is 1. The van der Waals surface area contributed by atoms with Crippen molar-refractivity contribution in [3.8, 4) is 0 Å². The van der Waals surface area contributed by atoms with Gasteiger partial charge in [0.25, 0.3) is 5.91 Å². The molecule has 1 N–H and O–H groups in total. The zero-order chi connectivity index (χ0) is 14.1. The van der Waals surface area contributed by atoms with Gasteiger partial charge in [-0.2, -0.15) is 0 Å². The molecule has 2 aliphatic rings. The molecule has 2 heterocycles. The molecule has 2 aliphatic heterocycles. The first-order valence-corrected chi connectivity index (χ1v) is 6.89. The van der Waals surface area contributed by atoms with Gasteiger partial charge in [0, 0.05) is 19.2 Å². The zero-order valence-electron chi connectivity index (χ0n) is 11.5. The number of nitrogens with one attached hydrogen (secondary N) is 1. The molecule has 3 rings (SSSR count). The predicted octanol–water partition coefficient (Wildman–Crippen LogP) is 0.936. The topological polar surface area (TPSA) is 58.6 Å². The molecule has 0 aliphatic carbocycles. The van der Waals surface area contributed by atoms with E-state index < -0.39 is 0 Å². The summed E-state index contributed by atoms with van der Waals surface area (Å²) < 4.78 is 5.15. The number of benzene rings is 1. The van der Waals surface area contributed by atoms with Crippen molar-refractivity contribution in [1.82, 2.24) is 10.2 Å². The van der Waals surface area contributed by atoms with Crippen LogP contribution in [-0.4, -0.2) is 42.5 Å². The van der Waals surface area contributed by atoms with Gasteiger partial charge < -0.3 is 15.0 Å². The van der Waals surface area contributed by atoms with E-state index in [0.29, 0.717) is 18.7 Å². The average Bonchev–Trinajstić information content (AvgIpc) is 2.80. The molecule has 2 amide bonds. The van der Waals surface area contributed by atoms with E-state index in [2.05, 4.69) is 5.32 Å². The number of piperazine rings is 1. The summed E-state index contributed by atoms with van der Waals surface area (Å²) in [6.45, 7) is 0.963. The van der Waals surface area contributed by atoms with Crippen LogP contribution in [0.2, 0.25) is 0 Å². The second kappa shape index (κ2) is 5.25. The van der Waals surface area contributed by atoms with Gasteiger partial charge in [0.05, 0.1) is 12.6 Å². The Balaban J connectivity index is 1.91. The number of hydrogen-bond donors (Lipinski definition) is 1. The molecule has 2 unspecified atom stereocenters. The Morgan fingerprint density at radius 2 is 2.20 bits per heavy atom. The summed E-state index contributed by atoms with van der Waals surface area (Å²) in [7, 11) is 1.61. The molecule has 1 aromatic rings. The lowest BCUT2D eigenvalue weighted by Gasteiger charge is -2.34. The summed E-state index contributed by atoms with van der Waals surface area (Å²) in [6, 6.07) is 7.25. The van der Waals surface area contributed by atoms with Crippen LogP contribution in [0.15, 0.2) is 24.3 Å². The lowest BCUT2D eigenvalue weighted by Crippen LogP contribution is -2.57. The molecule has 2 saturated heterocycles. The molecule has 2 fully saturated rings. The normalized spacial score (nSPS) is 24.6. The van der Waals surface area contributed by atoms with Gasteiger partial charge in [-0.1, -0.05) is 18.2 Å². The van der Waals surface area contributed by atoms with Crippen LogP contribution < -0.4 is 5.32 Å². The molecule has 2 bridgehead atoms. The van der Waals surface area contributed by atoms with Crippen LogP contribution in [0.1, 0.15) is 28.8 Å². The maximum Gasteiger partial charge on any atom is 0.255 e. The van der Waals surface area contributed by atoms with E-state index in [1.807, 2.05) is 24.3 Å². The summed E-state index contributed by atoms with van der Waals surface area (Å²) in [4.78, 5) is 26.4. The third-order valence-electron chi connectivity index (χ3n) is 4.10. The summed E-state index contributed by atoms with van der Waals surface area (Å²) in [5.74, 6) is -0.0867. The number of ether oxygens (including phenoxy) is 1. The minimum absolute atomic E-state index is 0.0312. The molecule has 106 valence electrons. The molecule has 0 spiro atoms. The number of nitrogens with zero attached hydrogens (tertiary/aromatic N) is 1. The molecule has 1 aromatic carbocycles. The summed E-state index contributed by atoms with van der Waals surface area (Å²) >= 11 is 0. The smallest absolute Gasteiger partial charge is 0.255 e. The van der Waals surface area contributed by atoms with Crippen LogP contribution >= 0.6 is 0 Å². The highest BCUT2D eigenvalue weighted by molar-refractivity contribution is 6.00. The van der Waals surface area contributed by atoms with Crippen molar-refractivity contribution < 1.29 is 14.3 Å². The van der Waals surface area contributed by atoms with Gasteiger partial charge in [-0.05, 0) is 24.5 Å². The molecule has 5 heteroatoms. The number of carbonyl (C=O) groups is 2. The van der Waals surface area contributed by atoms with E-state index in [9.17, 15) is 9.59 Å². The van der Waals surface area contributed by atoms with Crippen molar-refractivity contribution in [2.24, 2.45) is 0 Å². The second-order valence-corrected chi connectivity index (χ2v) is 5.29. The van der Waals surface area contributed by atoms with E-state index in [1.54, 1.807) is 12.0 Å². The van der Waals surface area contributed by atoms with Gasteiger partial charge in [0.1, 0.15) is 6.04 Å². The fourth-order valence-electron chi connectivity index (χ4n) is 3.13. The molecule has 5 nitrogen and oxygen atoms in total. The monoisotopic (exact) mass is 274 g/mol. The highest BCUT2D eigenvalue weighted by Crippen LogP contribution is 2.29. The van der Waals surface area contributed by atoms with Crippen molar-refractivity contribution in [1.29, 1.82) is 0 Å². The van der Waals surface area contributed by atoms with Crippen molar-refractivity contribution in [3.63, 3.8) is 0 Å². The van der Waals surface area contributed by atoms with Crippen LogP contribution in [0.5, 0.6) is 0 Å². The first kappa shape index (κ1) is 13.1. The molecular formula is C15H18N2O3. The molecule has 0 saturated carbocycles. The Hall–Kier alpha value is -1.88. The minimum atomic E-state index is -0.308. The first-order valence-electron chi connectivity index (χ1n) is 6.89. The number of hydrogen-bond acceptors (Lipinski definition) is 3. The van der Waals surface area contributed by atoms with Crippen LogP contribution in [0.3, 0.4) is 0 Å². The Kier molecular flexibility index (Phi) is 3.44. The zero-order valence-corrected chi connectivity index (χ0v) is 11.5. The van der Waals surface area contributed by atoms with Crippen LogP contribution in [0.25, 0.3) is 0 Å². The van der Waals surface area contributed by atoms with E-state index in [1.165, 1.54) is 0 Å². The molecular weight excluding hydrogens is 256 g/mol. The van der Waals surface area contributed by atoms with Crippen molar-refractivity contribution in [2.45, 2.75) is 31.5 Å². The van der Waals surface area contributed by atoms with Crippen molar-refractivity contribution >= 4 is 11.8 Å². The molecule has 0 aromatic heterocycles. The van der Waals surface area contributed by atoms with Gasteiger partial charge >= 0.3 is 0 Å². The highest BCUT2D eigenvalue weighted by Gasteiger charge is 2.44. The molecule has 0 radical (unpaired) electrons. The van der Waals surface area contributed by atoms with Crippen molar-refractivity contribution in [3.05, 3.63) is 35.4 Å².